The minimum Gasteiger partial charge on any atom is -0.299 e. The van der Waals surface area contributed by atoms with Crippen LogP contribution < -0.4 is 0 Å². The molecule has 4 heteroatoms. The number of carbonyl (C=O) groups excluding carboxylic acids is 1. The molecular formula is C9H11ClN2O. The summed E-state index contributed by atoms with van der Waals surface area (Å²) >= 11 is 5.62. The highest BCUT2D eigenvalue weighted by Gasteiger charge is 2.15. The van der Waals surface area contributed by atoms with Gasteiger partial charge in [-0.3, -0.25) is 4.79 Å². The van der Waals surface area contributed by atoms with Crippen LogP contribution in [-0.4, -0.2) is 15.8 Å². The molecule has 0 spiro atoms. The number of hydrogen-bond acceptors (Lipinski definition) is 3. The van der Waals surface area contributed by atoms with Gasteiger partial charge < -0.3 is 0 Å². The number of rotatable bonds is 3. The van der Waals surface area contributed by atoms with Crippen molar-refractivity contribution in [3.63, 3.8) is 0 Å². The second-order valence-electron chi connectivity index (χ2n) is 2.80. The van der Waals surface area contributed by atoms with E-state index in [0.29, 0.717) is 17.3 Å². The Morgan fingerprint density at radius 2 is 2.08 bits per heavy atom. The third-order valence-corrected chi connectivity index (χ3v) is 2.05. The number of nitrogens with zero attached hydrogens (tertiary/aromatic N) is 2. The summed E-state index contributed by atoms with van der Waals surface area (Å²) < 4.78 is 0. The van der Waals surface area contributed by atoms with Gasteiger partial charge in [0.05, 0.1) is 10.9 Å². The average Bonchev–Trinajstić information content (AvgIpc) is 2.17. The maximum atomic E-state index is 11.3. The minimum atomic E-state index is -0.234. The van der Waals surface area contributed by atoms with Crippen LogP contribution in [0, 0.1) is 0 Å². The second-order valence-corrected chi connectivity index (χ2v) is 3.24. The van der Waals surface area contributed by atoms with Crippen molar-refractivity contribution in [2.75, 3.05) is 0 Å². The van der Waals surface area contributed by atoms with Crippen LogP contribution in [0.25, 0.3) is 0 Å². The van der Waals surface area contributed by atoms with Crippen molar-refractivity contribution in [2.24, 2.45) is 0 Å². The van der Waals surface area contributed by atoms with Gasteiger partial charge in [-0.2, -0.15) is 0 Å². The van der Waals surface area contributed by atoms with Crippen LogP contribution in [0.15, 0.2) is 12.4 Å². The van der Waals surface area contributed by atoms with Crippen LogP contribution >= 0.6 is 11.6 Å². The fourth-order valence-electron chi connectivity index (χ4n) is 0.996. The first kappa shape index (κ1) is 10.1. The molecule has 70 valence electrons. The minimum absolute atomic E-state index is 0.141. The van der Waals surface area contributed by atoms with E-state index in [2.05, 4.69) is 9.97 Å². The van der Waals surface area contributed by atoms with Gasteiger partial charge in [0.25, 0.3) is 0 Å². The second kappa shape index (κ2) is 4.33. The zero-order valence-electron chi connectivity index (χ0n) is 7.62. The van der Waals surface area contributed by atoms with E-state index in [4.69, 9.17) is 11.6 Å². The lowest BCUT2D eigenvalue weighted by Gasteiger charge is -2.06. The molecular weight excluding hydrogens is 188 g/mol. The highest BCUT2D eigenvalue weighted by Crippen LogP contribution is 2.13. The van der Waals surface area contributed by atoms with E-state index in [1.807, 2.05) is 6.92 Å². The first-order valence-corrected chi connectivity index (χ1v) is 4.53. The Balaban J connectivity index is 2.83. The molecule has 0 bridgehead atoms. The first-order chi connectivity index (χ1) is 6.15. The van der Waals surface area contributed by atoms with Crippen LogP contribution in [0.4, 0.5) is 0 Å². The standard InChI is InChI=1S/C9H11ClN2O/c1-3-8(13)6(2)9-11-4-7(10)5-12-9/h4-6H,3H2,1-2H3. The van der Waals surface area contributed by atoms with Crippen LogP contribution in [0.1, 0.15) is 32.0 Å². The number of hydrogen-bond donors (Lipinski definition) is 0. The lowest BCUT2D eigenvalue weighted by atomic mass is 10.0. The summed E-state index contributed by atoms with van der Waals surface area (Å²) in [6.07, 6.45) is 3.51. The molecule has 0 saturated heterocycles. The van der Waals surface area contributed by atoms with E-state index in [1.165, 1.54) is 12.4 Å². The SMILES string of the molecule is CCC(=O)C(C)c1ncc(Cl)cn1. The number of Topliss-reactive ketones (excluding diaryl/α,β-unsaturated/α-hetero) is 1. The molecule has 0 saturated carbocycles. The van der Waals surface area contributed by atoms with Gasteiger partial charge in [-0.1, -0.05) is 18.5 Å². The average molecular weight is 199 g/mol. The molecule has 0 aliphatic rings. The summed E-state index contributed by atoms with van der Waals surface area (Å²) in [5, 5.41) is 0.486. The Labute approximate surface area is 82.2 Å². The number of halogens is 1. The van der Waals surface area contributed by atoms with Gasteiger partial charge in [-0.05, 0) is 6.92 Å². The van der Waals surface area contributed by atoms with E-state index in [9.17, 15) is 4.79 Å². The van der Waals surface area contributed by atoms with Gasteiger partial charge in [0, 0.05) is 18.8 Å². The van der Waals surface area contributed by atoms with Crippen molar-refractivity contribution in [2.45, 2.75) is 26.2 Å². The quantitative estimate of drug-likeness (QED) is 0.748. The zero-order valence-corrected chi connectivity index (χ0v) is 8.38. The molecule has 3 nitrogen and oxygen atoms in total. The molecule has 0 aromatic carbocycles. The molecule has 1 unspecified atom stereocenters. The summed E-state index contributed by atoms with van der Waals surface area (Å²) in [5.74, 6) is 0.445. The smallest absolute Gasteiger partial charge is 0.142 e. The Morgan fingerprint density at radius 1 is 1.54 bits per heavy atom. The summed E-state index contributed by atoms with van der Waals surface area (Å²) in [4.78, 5) is 19.3. The van der Waals surface area contributed by atoms with E-state index >= 15 is 0 Å². The normalized spacial score (nSPS) is 12.5. The van der Waals surface area contributed by atoms with Crippen molar-refractivity contribution < 1.29 is 4.79 Å². The fraction of sp³-hybridized carbons (Fsp3) is 0.444. The van der Waals surface area contributed by atoms with Crippen molar-refractivity contribution >= 4 is 17.4 Å². The highest BCUT2D eigenvalue weighted by molar-refractivity contribution is 6.30. The molecule has 1 aromatic rings. The third kappa shape index (κ3) is 2.49. The van der Waals surface area contributed by atoms with Crippen molar-refractivity contribution in [1.29, 1.82) is 0 Å². The predicted octanol–water partition coefficient (Wildman–Crippen LogP) is 2.21. The molecule has 0 aliphatic carbocycles. The first-order valence-electron chi connectivity index (χ1n) is 4.15. The lowest BCUT2D eigenvalue weighted by molar-refractivity contribution is -0.120. The van der Waals surface area contributed by atoms with Crippen LogP contribution in [0.2, 0.25) is 5.02 Å². The summed E-state index contributed by atoms with van der Waals surface area (Å²) in [6.45, 7) is 3.63. The third-order valence-electron chi connectivity index (χ3n) is 1.86. The molecule has 0 aliphatic heterocycles. The highest BCUT2D eigenvalue weighted by atomic mass is 35.5. The molecule has 0 amide bonds. The topological polar surface area (TPSA) is 42.9 Å². The van der Waals surface area contributed by atoms with Crippen LogP contribution in [0.5, 0.6) is 0 Å². The van der Waals surface area contributed by atoms with Gasteiger partial charge in [-0.25, -0.2) is 9.97 Å². The van der Waals surface area contributed by atoms with E-state index in [-0.39, 0.29) is 11.7 Å². The maximum Gasteiger partial charge on any atom is 0.142 e. The molecule has 1 atom stereocenters. The van der Waals surface area contributed by atoms with Crippen molar-refractivity contribution in [3.05, 3.63) is 23.2 Å². The van der Waals surface area contributed by atoms with Gasteiger partial charge in [0.2, 0.25) is 0 Å². The molecule has 13 heavy (non-hydrogen) atoms. The molecule has 1 aromatic heterocycles. The monoisotopic (exact) mass is 198 g/mol. The largest absolute Gasteiger partial charge is 0.299 e. The van der Waals surface area contributed by atoms with Crippen molar-refractivity contribution in [1.82, 2.24) is 9.97 Å². The Bertz CT molecular complexity index is 297. The Kier molecular flexibility index (Phi) is 3.37. The van der Waals surface area contributed by atoms with Crippen LogP contribution in [0.3, 0.4) is 0 Å². The van der Waals surface area contributed by atoms with Gasteiger partial charge in [0.1, 0.15) is 11.6 Å². The van der Waals surface area contributed by atoms with Crippen LogP contribution in [-0.2, 0) is 4.79 Å². The summed E-state index contributed by atoms with van der Waals surface area (Å²) in [5.41, 5.74) is 0. The lowest BCUT2D eigenvalue weighted by Crippen LogP contribution is -2.10. The van der Waals surface area contributed by atoms with E-state index in [1.54, 1.807) is 6.92 Å². The number of aromatic nitrogens is 2. The van der Waals surface area contributed by atoms with E-state index < -0.39 is 0 Å². The molecule has 1 rings (SSSR count). The fourth-order valence-corrected chi connectivity index (χ4v) is 1.09. The summed E-state index contributed by atoms with van der Waals surface area (Å²) in [6, 6.07) is 0. The van der Waals surface area contributed by atoms with E-state index in [0.717, 1.165) is 0 Å². The number of carbonyl (C=O) groups is 1. The Morgan fingerprint density at radius 3 is 2.54 bits per heavy atom. The van der Waals surface area contributed by atoms with Gasteiger partial charge in [-0.15, -0.1) is 0 Å². The molecule has 0 N–H and O–H groups in total. The summed E-state index contributed by atoms with van der Waals surface area (Å²) in [7, 11) is 0. The van der Waals surface area contributed by atoms with Gasteiger partial charge in [0.15, 0.2) is 0 Å². The molecule has 1 heterocycles. The van der Waals surface area contributed by atoms with Crippen molar-refractivity contribution in [3.8, 4) is 0 Å². The maximum absolute atomic E-state index is 11.3. The molecule has 0 fully saturated rings. The predicted molar refractivity (Wildman–Crippen MR) is 50.8 cm³/mol. The zero-order chi connectivity index (χ0) is 9.84. The molecule has 0 radical (unpaired) electrons. The number of ketones is 1. The van der Waals surface area contributed by atoms with Gasteiger partial charge >= 0.3 is 0 Å². The Hall–Kier alpha value is -0.960.